The molecule has 2 aliphatic heterocycles. The van der Waals surface area contributed by atoms with Crippen molar-refractivity contribution in [2.24, 2.45) is 0 Å². The quantitative estimate of drug-likeness (QED) is 0.673. The topological polar surface area (TPSA) is 43.9 Å². The van der Waals surface area contributed by atoms with E-state index in [1.54, 1.807) is 4.90 Å². The van der Waals surface area contributed by atoms with E-state index in [4.69, 9.17) is 0 Å². The Hall–Kier alpha value is -1.10. The van der Waals surface area contributed by atoms with Crippen LogP contribution in [-0.4, -0.2) is 71.8 Å². The first-order valence-electron chi connectivity index (χ1n) is 6.87. The van der Waals surface area contributed by atoms with Gasteiger partial charge in [0.05, 0.1) is 0 Å². The average molecular weight is 253 g/mol. The van der Waals surface area contributed by atoms with E-state index in [0.717, 1.165) is 52.0 Å². The van der Waals surface area contributed by atoms with Gasteiger partial charge in [-0.2, -0.15) is 0 Å². The third-order valence-electron chi connectivity index (χ3n) is 4.07. The summed E-state index contributed by atoms with van der Waals surface area (Å²) in [5.41, 5.74) is 0. The van der Waals surface area contributed by atoms with Crippen molar-refractivity contribution in [2.45, 2.75) is 38.8 Å². The van der Waals surface area contributed by atoms with Gasteiger partial charge in [-0.05, 0) is 26.7 Å². The second kappa shape index (κ2) is 5.69. The molecule has 2 fully saturated rings. The maximum Gasteiger partial charge on any atom is 0.245 e. The summed E-state index contributed by atoms with van der Waals surface area (Å²) in [6.45, 7) is 8.56. The van der Waals surface area contributed by atoms with Gasteiger partial charge in [0.1, 0.15) is 6.04 Å². The van der Waals surface area contributed by atoms with Gasteiger partial charge >= 0.3 is 0 Å². The molecule has 0 bridgehead atoms. The van der Waals surface area contributed by atoms with Crippen LogP contribution in [0.2, 0.25) is 0 Å². The third kappa shape index (κ3) is 2.66. The van der Waals surface area contributed by atoms with E-state index in [2.05, 4.69) is 18.7 Å². The number of piperazine rings is 1. The fourth-order valence-corrected chi connectivity index (χ4v) is 2.85. The summed E-state index contributed by atoms with van der Waals surface area (Å²) in [7, 11) is 0. The molecule has 0 aromatic heterocycles. The third-order valence-corrected chi connectivity index (χ3v) is 4.07. The van der Waals surface area contributed by atoms with Crippen LogP contribution in [0.25, 0.3) is 0 Å². The lowest BCUT2D eigenvalue weighted by atomic mass is 10.1. The molecule has 2 aliphatic rings. The lowest BCUT2D eigenvalue weighted by Gasteiger charge is -2.38. The Kier molecular flexibility index (Phi) is 4.22. The minimum absolute atomic E-state index is 0.142. The lowest BCUT2D eigenvalue weighted by Crippen LogP contribution is -2.54. The highest BCUT2D eigenvalue weighted by Gasteiger charge is 2.34. The molecule has 102 valence electrons. The Labute approximate surface area is 109 Å². The molecule has 0 aromatic rings. The monoisotopic (exact) mass is 253 g/mol. The van der Waals surface area contributed by atoms with Crippen molar-refractivity contribution in [3.63, 3.8) is 0 Å². The summed E-state index contributed by atoms with van der Waals surface area (Å²) in [6.07, 6.45) is 2.59. The molecule has 2 rings (SSSR count). The molecule has 2 heterocycles. The van der Waals surface area contributed by atoms with Gasteiger partial charge in [0.15, 0.2) is 0 Å². The summed E-state index contributed by atoms with van der Waals surface area (Å²) in [6, 6.07) is 0.341. The molecule has 0 radical (unpaired) electrons. The first-order chi connectivity index (χ1) is 8.63. The number of hydrogen-bond acceptors (Lipinski definition) is 3. The Morgan fingerprint density at radius 1 is 1.17 bits per heavy atom. The lowest BCUT2D eigenvalue weighted by molar-refractivity contribution is -0.141. The van der Waals surface area contributed by atoms with Gasteiger partial charge < -0.3 is 9.80 Å². The molecule has 1 unspecified atom stereocenters. The number of carbonyl (C=O) groups is 2. The van der Waals surface area contributed by atoms with Gasteiger partial charge in [0.2, 0.25) is 12.3 Å². The average Bonchev–Trinajstić information content (AvgIpc) is 2.86. The predicted molar refractivity (Wildman–Crippen MR) is 69.1 cm³/mol. The summed E-state index contributed by atoms with van der Waals surface area (Å²) in [5, 5.41) is 0. The van der Waals surface area contributed by atoms with Crippen molar-refractivity contribution in [3.8, 4) is 0 Å². The molecule has 0 aliphatic carbocycles. The van der Waals surface area contributed by atoms with E-state index < -0.39 is 0 Å². The van der Waals surface area contributed by atoms with E-state index in [9.17, 15) is 9.59 Å². The highest BCUT2D eigenvalue weighted by molar-refractivity contribution is 5.84. The number of nitrogens with zero attached hydrogens (tertiary/aromatic N) is 3. The first-order valence-corrected chi connectivity index (χ1v) is 6.87. The van der Waals surface area contributed by atoms with Crippen molar-refractivity contribution in [3.05, 3.63) is 0 Å². The molecule has 0 N–H and O–H groups in total. The standard InChI is InChI=1S/C13H23N3O2/c1-11(2)14-6-8-15(9-7-14)13(18)12-4-3-5-16(12)10-17/h10-12H,3-9H2,1-2H3. The Morgan fingerprint density at radius 2 is 1.83 bits per heavy atom. The molecule has 5 nitrogen and oxygen atoms in total. The molecular weight excluding hydrogens is 230 g/mol. The minimum Gasteiger partial charge on any atom is -0.338 e. The van der Waals surface area contributed by atoms with Crippen molar-refractivity contribution in [2.75, 3.05) is 32.7 Å². The molecule has 0 aromatic carbocycles. The Morgan fingerprint density at radius 3 is 2.39 bits per heavy atom. The number of rotatable bonds is 3. The van der Waals surface area contributed by atoms with E-state index in [0.29, 0.717) is 6.04 Å². The van der Waals surface area contributed by atoms with Crippen LogP contribution in [0.4, 0.5) is 0 Å². The number of amides is 2. The molecule has 18 heavy (non-hydrogen) atoms. The van der Waals surface area contributed by atoms with Gasteiger partial charge in [-0.15, -0.1) is 0 Å². The number of carbonyl (C=O) groups excluding carboxylic acids is 2. The second-order valence-corrected chi connectivity index (χ2v) is 5.46. The molecule has 5 heteroatoms. The smallest absolute Gasteiger partial charge is 0.245 e. The first kappa shape index (κ1) is 13.3. The molecular formula is C13H23N3O2. The zero-order chi connectivity index (χ0) is 13.1. The van der Waals surface area contributed by atoms with Crippen LogP contribution >= 0.6 is 0 Å². The van der Waals surface area contributed by atoms with Crippen LogP contribution in [0.1, 0.15) is 26.7 Å². The zero-order valence-corrected chi connectivity index (χ0v) is 11.3. The fraction of sp³-hybridized carbons (Fsp3) is 0.846. The second-order valence-electron chi connectivity index (χ2n) is 5.46. The van der Waals surface area contributed by atoms with Crippen LogP contribution in [0.5, 0.6) is 0 Å². The van der Waals surface area contributed by atoms with Crippen LogP contribution in [0, 0.1) is 0 Å². The van der Waals surface area contributed by atoms with Gasteiger partial charge in [-0.3, -0.25) is 14.5 Å². The highest BCUT2D eigenvalue weighted by Crippen LogP contribution is 2.18. The zero-order valence-electron chi connectivity index (χ0n) is 11.3. The van der Waals surface area contributed by atoms with Crippen LogP contribution in [-0.2, 0) is 9.59 Å². The van der Waals surface area contributed by atoms with Crippen molar-refractivity contribution < 1.29 is 9.59 Å². The number of likely N-dealkylation sites (tertiary alicyclic amines) is 1. The van der Waals surface area contributed by atoms with E-state index >= 15 is 0 Å². The molecule has 0 saturated carbocycles. The van der Waals surface area contributed by atoms with E-state index in [1.807, 2.05) is 4.90 Å². The van der Waals surface area contributed by atoms with Crippen LogP contribution in [0.3, 0.4) is 0 Å². The normalized spacial score (nSPS) is 25.8. The van der Waals surface area contributed by atoms with Crippen LogP contribution in [0.15, 0.2) is 0 Å². The number of hydrogen-bond donors (Lipinski definition) is 0. The van der Waals surface area contributed by atoms with Gasteiger partial charge in [-0.1, -0.05) is 0 Å². The largest absolute Gasteiger partial charge is 0.338 e. The molecule has 1 atom stereocenters. The SMILES string of the molecule is CC(C)N1CCN(C(=O)C2CCCN2C=O)CC1. The molecule has 2 saturated heterocycles. The Balaban J connectivity index is 1.89. The summed E-state index contributed by atoms with van der Waals surface area (Å²) < 4.78 is 0. The molecule has 2 amide bonds. The van der Waals surface area contributed by atoms with E-state index in [1.165, 1.54) is 0 Å². The van der Waals surface area contributed by atoms with Crippen molar-refractivity contribution in [1.82, 2.24) is 14.7 Å². The van der Waals surface area contributed by atoms with Crippen molar-refractivity contribution >= 4 is 12.3 Å². The van der Waals surface area contributed by atoms with Crippen LogP contribution < -0.4 is 0 Å². The summed E-state index contributed by atoms with van der Waals surface area (Å²) in [5.74, 6) is 0.142. The van der Waals surface area contributed by atoms with E-state index in [-0.39, 0.29) is 11.9 Å². The highest BCUT2D eigenvalue weighted by atomic mass is 16.2. The van der Waals surface area contributed by atoms with Gasteiger partial charge in [0.25, 0.3) is 0 Å². The summed E-state index contributed by atoms with van der Waals surface area (Å²) >= 11 is 0. The summed E-state index contributed by atoms with van der Waals surface area (Å²) in [4.78, 5) is 29.2. The maximum absolute atomic E-state index is 12.4. The Bertz CT molecular complexity index is 311. The predicted octanol–water partition coefficient (Wildman–Crippen LogP) is 0.160. The van der Waals surface area contributed by atoms with Gasteiger partial charge in [0, 0.05) is 38.8 Å². The molecule has 0 spiro atoms. The minimum atomic E-state index is -0.201. The fourth-order valence-electron chi connectivity index (χ4n) is 2.85. The van der Waals surface area contributed by atoms with Crippen molar-refractivity contribution in [1.29, 1.82) is 0 Å². The maximum atomic E-state index is 12.4. The van der Waals surface area contributed by atoms with Gasteiger partial charge in [-0.25, -0.2) is 0 Å².